The molecule has 1 saturated carbocycles. The number of pyridine rings is 1. The van der Waals surface area contributed by atoms with Crippen LogP contribution in [0, 0.1) is 13.5 Å². The van der Waals surface area contributed by atoms with Gasteiger partial charge in [0.2, 0.25) is 5.88 Å². The van der Waals surface area contributed by atoms with Gasteiger partial charge in [0.1, 0.15) is 17.6 Å². The SMILES string of the molecule is [C-]#[N+]C(C)(C)n1cc(-c2nn(C3CCC(Oc4nccnc4C)CC3)c3cc(NC)ncc23)cn1. The highest BCUT2D eigenvalue weighted by molar-refractivity contribution is 5.93. The van der Waals surface area contributed by atoms with Gasteiger partial charge in [0.25, 0.3) is 0 Å². The summed E-state index contributed by atoms with van der Waals surface area (Å²) in [5.41, 5.74) is 2.79. The van der Waals surface area contributed by atoms with E-state index in [9.17, 15) is 0 Å². The van der Waals surface area contributed by atoms with Crippen LogP contribution in [0.4, 0.5) is 5.82 Å². The number of ether oxygens (including phenoxy) is 1. The molecule has 35 heavy (non-hydrogen) atoms. The number of aromatic nitrogens is 7. The first-order valence-corrected chi connectivity index (χ1v) is 11.8. The van der Waals surface area contributed by atoms with Gasteiger partial charge in [0.05, 0.1) is 23.4 Å². The lowest BCUT2D eigenvalue weighted by Crippen LogP contribution is -2.26. The maximum Gasteiger partial charge on any atom is 0.319 e. The van der Waals surface area contributed by atoms with E-state index in [4.69, 9.17) is 16.4 Å². The number of nitrogens with zero attached hydrogens (tertiary/aromatic N) is 8. The van der Waals surface area contributed by atoms with E-state index in [2.05, 4.69) is 34.9 Å². The Balaban J connectivity index is 1.44. The Morgan fingerprint density at radius 1 is 1.11 bits per heavy atom. The molecule has 1 aliphatic carbocycles. The standard InChI is InChI=1S/C25H29N9O/c1-16-24(29-11-10-28-16)35-19-8-6-18(7-9-19)34-21-12-22(26-4)30-14-20(21)23(32-34)17-13-31-33(15-17)25(2,3)27-5/h10-15,18-19H,6-9H2,1-4H3,(H,26,30). The first-order chi connectivity index (χ1) is 16.9. The van der Waals surface area contributed by atoms with Gasteiger partial charge in [-0.3, -0.25) is 14.5 Å². The maximum atomic E-state index is 7.48. The van der Waals surface area contributed by atoms with Gasteiger partial charge < -0.3 is 10.1 Å². The molecule has 0 amide bonds. The van der Waals surface area contributed by atoms with Crippen molar-refractivity contribution in [1.29, 1.82) is 0 Å². The maximum absolute atomic E-state index is 7.48. The quantitative estimate of drug-likeness (QED) is 0.410. The van der Waals surface area contributed by atoms with Crippen molar-refractivity contribution < 1.29 is 4.74 Å². The third-order valence-corrected chi connectivity index (χ3v) is 6.64. The molecular formula is C25H29N9O. The van der Waals surface area contributed by atoms with Crippen molar-refractivity contribution in [2.24, 2.45) is 0 Å². The van der Waals surface area contributed by atoms with Gasteiger partial charge in [-0.15, -0.1) is 0 Å². The van der Waals surface area contributed by atoms with E-state index in [1.807, 2.05) is 46.3 Å². The van der Waals surface area contributed by atoms with Crippen LogP contribution >= 0.6 is 0 Å². The zero-order valence-electron chi connectivity index (χ0n) is 20.4. The number of hydrogen-bond donors (Lipinski definition) is 1. The molecule has 10 heteroatoms. The minimum absolute atomic E-state index is 0.117. The van der Waals surface area contributed by atoms with E-state index in [0.29, 0.717) is 5.88 Å². The molecule has 0 spiro atoms. The molecule has 1 aliphatic rings. The summed E-state index contributed by atoms with van der Waals surface area (Å²) in [6.45, 7) is 13.1. The third-order valence-electron chi connectivity index (χ3n) is 6.64. The van der Waals surface area contributed by atoms with Crippen LogP contribution in [0.25, 0.3) is 27.0 Å². The molecule has 5 rings (SSSR count). The third kappa shape index (κ3) is 4.30. The van der Waals surface area contributed by atoms with Gasteiger partial charge in [0.15, 0.2) is 0 Å². The lowest BCUT2D eigenvalue weighted by atomic mass is 9.93. The summed E-state index contributed by atoms with van der Waals surface area (Å²) in [7, 11) is 1.86. The average Bonchev–Trinajstić information content (AvgIpc) is 3.51. The Bertz CT molecular complexity index is 1390. The smallest absolute Gasteiger partial charge is 0.319 e. The van der Waals surface area contributed by atoms with Crippen LogP contribution in [0.15, 0.2) is 37.1 Å². The summed E-state index contributed by atoms with van der Waals surface area (Å²) in [5.74, 6) is 1.41. The van der Waals surface area contributed by atoms with Crippen LogP contribution in [0.5, 0.6) is 5.88 Å². The Morgan fingerprint density at radius 2 is 1.89 bits per heavy atom. The van der Waals surface area contributed by atoms with Crippen LogP contribution in [0.1, 0.15) is 51.3 Å². The second kappa shape index (κ2) is 8.98. The highest BCUT2D eigenvalue weighted by Crippen LogP contribution is 2.36. The van der Waals surface area contributed by atoms with E-state index in [-0.39, 0.29) is 12.1 Å². The van der Waals surface area contributed by atoms with Crippen molar-refractivity contribution in [3.05, 3.63) is 54.2 Å². The highest BCUT2D eigenvalue weighted by Gasteiger charge is 2.29. The molecule has 1 fully saturated rings. The van der Waals surface area contributed by atoms with Crippen LogP contribution in [0.3, 0.4) is 0 Å². The summed E-state index contributed by atoms with van der Waals surface area (Å²) in [5, 5.41) is 13.6. The molecule has 10 nitrogen and oxygen atoms in total. The van der Waals surface area contributed by atoms with Gasteiger partial charge >= 0.3 is 5.66 Å². The van der Waals surface area contributed by atoms with Crippen molar-refractivity contribution in [3.63, 3.8) is 0 Å². The normalized spacial score (nSPS) is 18.4. The van der Waals surface area contributed by atoms with E-state index in [1.54, 1.807) is 23.3 Å². The van der Waals surface area contributed by atoms with Crippen LogP contribution < -0.4 is 10.1 Å². The fraction of sp³-hybridized carbons (Fsp3) is 0.440. The molecule has 180 valence electrons. The van der Waals surface area contributed by atoms with Gasteiger partial charge in [-0.1, -0.05) is 0 Å². The molecule has 0 bridgehead atoms. The number of rotatable bonds is 6. The summed E-state index contributed by atoms with van der Waals surface area (Å²) in [4.78, 5) is 16.8. The predicted octanol–water partition coefficient (Wildman–Crippen LogP) is 4.61. The first kappa shape index (κ1) is 22.8. The van der Waals surface area contributed by atoms with E-state index >= 15 is 0 Å². The Kier molecular flexibility index (Phi) is 5.84. The highest BCUT2D eigenvalue weighted by atomic mass is 16.5. The van der Waals surface area contributed by atoms with Crippen LogP contribution in [-0.4, -0.2) is 47.7 Å². The molecule has 0 atom stereocenters. The van der Waals surface area contributed by atoms with E-state index < -0.39 is 5.66 Å². The summed E-state index contributed by atoms with van der Waals surface area (Å²) >= 11 is 0. The zero-order chi connectivity index (χ0) is 24.6. The number of fused-ring (bicyclic) bond motifs is 1. The van der Waals surface area contributed by atoms with Gasteiger partial charge in [0, 0.05) is 62.7 Å². The molecule has 0 radical (unpaired) electrons. The Morgan fingerprint density at radius 3 is 2.60 bits per heavy atom. The van der Waals surface area contributed by atoms with Gasteiger partial charge in [-0.25, -0.2) is 16.5 Å². The first-order valence-electron chi connectivity index (χ1n) is 11.8. The van der Waals surface area contributed by atoms with Gasteiger partial charge in [-0.2, -0.15) is 14.9 Å². The molecule has 0 aromatic carbocycles. The van der Waals surface area contributed by atoms with E-state index in [1.165, 1.54) is 0 Å². The number of hydrogen-bond acceptors (Lipinski definition) is 7. The molecule has 0 saturated heterocycles. The minimum Gasteiger partial charge on any atom is -0.473 e. The zero-order valence-corrected chi connectivity index (χ0v) is 20.4. The topological polar surface area (TPSA) is 99.9 Å². The number of aryl methyl sites for hydroxylation is 1. The molecule has 0 unspecified atom stereocenters. The molecular weight excluding hydrogens is 442 g/mol. The summed E-state index contributed by atoms with van der Waals surface area (Å²) in [6.07, 6.45) is 12.7. The largest absolute Gasteiger partial charge is 0.473 e. The Hall–Kier alpha value is -4.00. The second-order valence-corrected chi connectivity index (χ2v) is 9.40. The van der Waals surface area contributed by atoms with Crippen molar-refractivity contribution >= 4 is 16.7 Å². The van der Waals surface area contributed by atoms with Crippen molar-refractivity contribution in [3.8, 4) is 17.1 Å². The number of anilines is 1. The molecule has 4 heterocycles. The van der Waals surface area contributed by atoms with Crippen molar-refractivity contribution in [1.82, 2.24) is 34.5 Å². The predicted molar refractivity (Wildman–Crippen MR) is 133 cm³/mol. The van der Waals surface area contributed by atoms with Crippen molar-refractivity contribution in [2.45, 2.75) is 64.3 Å². The molecule has 4 aromatic rings. The fourth-order valence-corrected chi connectivity index (χ4v) is 4.53. The van der Waals surface area contributed by atoms with Crippen LogP contribution in [0.2, 0.25) is 0 Å². The summed E-state index contributed by atoms with van der Waals surface area (Å²) < 4.78 is 9.98. The molecule has 0 aliphatic heterocycles. The summed E-state index contributed by atoms with van der Waals surface area (Å²) in [6, 6.07) is 2.29. The van der Waals surface area contributed by atoms with Gasteiger partial charge in [-0.05, 0) is 32.6 Å². The minimum atomic E-state index is -0.756. The van der Waals surface area contributed by atoms with E-state index in [0.717, 1.165) is 59.4 Å². The van der Waals surface area contributed by atoms with Crippen molar-refractivity contribution in [2.75, 3.05) is 12.4 Å². The monoisotopic (exact) mass is 471 g/mol. The number of nitrogens with one attached hydrogen (secondary N) is 1. The lowest BCUT2D eigenvalue weighted by Gasteiger charge is -2.29. The average molecular weight is 472 g/mol. The molecule has 4 aromatic heterocycles. The van der Waals surface area contributed by atoms with Crippen LogP contribution in [-0.2, 0) is 5.66 Å². The molecule has 1 N–H and O–H groups in total. The second-order valence-electron chi connectivity index (χ2n) is 9.40. The fourth-order valence-electron chi connectivity index (χ4n) is 4.53. The lowest BCUT2D eigenvalue weighted by molar-refractivity contribution is 0.124. The Labute approximate surface area is 204 Å².